The van der Waals surface area contributed by atoms with Crippen molar-refractivity contribution in [2.24, 2.45) is 85.8 Å². The number of fused-ring (bicyclic) bond motifs is 6. The summed E-state index contributed by atoms with van der Waals surface area (Å²) >= 11 is 0. The van der Waals surface area contributed by atoms with Gasteiger partial charge in [0.05, 0.1) is 51.9 Å². The summed E-state index contributed by atoms with van der Waals surface area (Å²) in [6, 6.07) is 0. The van der Waals surface area contributed by atoms with Crippen LogP contribution in [0, 0.1) is 85.8 Å². The number of aliphatic hydroxyl groups is 9. The standard InChI is InChI=1S/3C20H32O3/c3*1-12-14-6-5-13-10-19(14,11-18(13,4)22)7-8-20(23)15(12)9-16(21)17(20,2)3/h3*13-16,21-23H,1,5-11H2,2-4H3/t3*13-,14+,15-,16+,18-,19+,20+/m111/s1. The third kappa shape index (κ3) is 6.83. The summed E-state index contributed by atoms with van der Waals surface area (Å²) in [4.78, 5) is 0. The molecule has 9 nitrogen and oxygen atoms in total. The Balaban J connectivity index is 0.000000120. The van der Waals surface area contributed by atoms with E-state index in [2.05, 4.69) is 19.7 Å². The van der Waals surface area contributed by atoms with Crippen LogP contribution < -0.4 is 0 Å². The second-order valence-electron chi connectivity index (χ2n) is 29.9. The van der Waals surface area contributed by atoms with E-state index >= 15 is 0 Å². The van der Waals surface area contributed by atoms with Crippen LogP contribution in [0.25, 0.3) is 0 Å². The molecular formula is C60H96O9. The van der Waals surface area contributed by atoms with Gasteiger partial charge < -0.3 is 46.0 Å². The number of rotatable bonds is 0. The van der Waals surface area contributed by atoms with Crippen LogP contribution in [0.5, 0.6) is 0 Å². The molecule has 12 saturated carbocycles. The molecule has 21 atom stereocenters. The summed E-state index contributed by atoms with van der Waals surface area (Å²) in [6.07, 6.45) is 17.8. The van der Waals surface area contributed by atoms with Crippen molar-refractivity contribution >= 4 is 0 Å². The monoisotopic (exact) mass is 961 g/mol. The number of hydrogen-bond donors (Lipinski definition) is 9. The van der Waals surface area contributed by atoms with Crippen LogP contribution in [0.15, 0.2) is 36.5 Å². The van der Waals surface area contributed by atoms with Crippen LogP contribution in [-0.4, -0.2) is 97.9 Å². The Labute approximate surface area is 415 Å². The molecule has 0 amide bonds. The van der Waals surface area contributed by atoms with Crippen molar-refractivity contribution in [2.45, 2.75) is 249 Å². The highest BCUT2D eigenvalue weighted by Gasteiger charge is 2.70. The Bertz CT molecular complexity index is 1890. The summed E-state index contributed by atoms with van der Waals surface area (Å²) in [7, 11) is 0. The maximum Gasteiger partial charge on any atom is 0.0789 e. The van der Waals surface area contributed by atoms with Crippen LogP contribution in [0.3, 0.4) is 0 Å². The van der Waals surface area contributed by atoms with Crippen LogP contribution >= 0.6 is 0 Å². The molecule has 12 aliphatic carbocycles. The number of aliphatic hydroxyl groups excluding tert-OH is 3. The quantitative estimate of drug-likeness (QED) is 0.107. The molecule has 9 heteroatoms. The predicted molar refractivity (Wildman–Crippen MR) is 269 cm³/mol. The fourth-order valence-corrected chi connectivity index (χ4v) is 21.1. The maximum atomic E-state index is 11.6. The highest BCUT2D eigenvalue weighted by molar-refractivity contribution is 5.31. The van der Waals surface area contributed by atoms with Gasteiger partial charge in [-0.05, 0) is 207 Å². The Hall–Kier alpha value is -1.14. The Morgan fingerprint density at radius 2 is 0.580 bits per heavy atom. The maximum absolute atomic E-state index is 11.6. The summed E-state index contributed by atoms with van der Waals surface area (Å²) in [5.74, 6) is 2.39. The van der Waals surface area contributed by atoms with Crippen LogP contribution in [0.4, 0.5) is 0 Å². The lowest BCUT2D eigenvalue weighted by atomic mass is 9.63. The van der Waals surface area contributed by atoms with E-state index in [1.165, 1.54) is 0 Å². The van der Waals surface area contributed by atoms with Crippen molar-refractivity contribution in [2.75, 3.05) is 0 Å². The molecule has 0 unspecified atom stereocenters. The van der Waals surface area contributed by atoms with Crippen molar-refractivity contribution in [1.29, 1.82) is 0 Å². The summed E-state index contributed by atoms with van der Waals surface area (Å²) < 4.78 is 0. The second-order valence-corrected chi connectivity index (χ2v) is 29.9. The van der Waals surface area contributed by atoms with Gasteiger partial charge >= 0.3 is 0 Å². The van der Waals surface area contributed by atoms with Gasteiger partial charge in [-0.2, -0.15) is 0 Å². The third-order valence-corrected chi connectivity index (χ3v) is 26.0. The molecule has 0 aliphatic heterocycles. The van der Waals surface area contributed by atoms with Gasteiger partial charge in [-0.15, -0.1) is 0 Å². The molecule has 0 radical (unpaired) electrons. The zero-order valence-electron chi connectivity index (χ0n) is 44.4. The summed E-state index contributed by atoms with van der Waals surface area (Å²) in [5, 5.41) is 98.9. The first-order valence-corrected chi connectivity index (χ1v) is 28.1. The largest absolute Gasteiger partial charge is 0.392 e. The van der Waals surface area contributed by atoms with Gasteiger partial charge in [-0.1, -0.05) is 78.0 Å². The van der Waals surface area contributed by atoms with Gasteiger partial charge in [0.1, 0.15) is 0 Å². The minimum atomic E-state index is -0.862. The Kier molecular flexibility index (Phi) is 11.5. The predicted octanol–water partition coefficient (Wildman–Crippen LogP) is 9.10. The zero-order valence-corrected chi connectivity index (χ0v) is 44.4. The van der Waals surface area contributed by atoms with Gasteiger partial charge in [-0.25, -0.2) is 0 Å². The van der Waals surface area contributed by atoms with Gasteiger partial charge in [0.15, 0.2) is 0 Å². The minimum absolute atomic E-state index is 0.000950. The normalized spacial score (nSPS) is 57.7. The van der Waals surface area contributed by atoms with E-state index in [0.717, 1.165) is 132 Å². The molecule has 9 N–H and O–H groups in total. The van der Waals surface area contributed by atoms with Crippen molar-refractivity contribution in [3.05, 3.63) is 36.5 Å². The first-order chi connectivity index (χ1) is 31.6. The molecule has 390 valence electrons. The molecule has 0 aromatic rings. The molecule has 12 fully saturated rings. The highest BCUT2D eigenvalue weighted by Crippen LogP contribution is 2.72. The average Bonchev–Trinajstić information content (AvgIpc) is 3.82. The van der Waals surface area contributed by atoms with Gasteiger partial charge in [-0.3, -0.25) is 0 Å². The van der Waals surface area contributed by atoms with Crippen LogP contribution in [0.2, 0.25) is 0 Å². The lowest BCUT2D eigenvalue weighted by molar-refractivity contribution is -0.102. The molecule has 69 heavy (non-hydrogen) atoms. The SMILES string of the molecule is C=C1[C@H]2C[C@H](O)C(C)(C)[C@]2(O)CC[C@@]23C[C@@H](CC[C@@H]12)[C@](C)(O)C3.C=C1[C@H]2C[C@H](O)C(C)(C)[C@]2(O)CC[C@@]23C[C@@H](CC[C@@H]12)[C@](C)(O)C3.C=C1[C@H]2C[C@H](O)C(C)(C)[C@]2(O)CC[C@@]23C[C@@H](CC[C@@H]12)[C@](C)(O)C3. The van der Waals surface area contributed by atoms with Gasteiger partial charge in [0.2, 0.25) is 0 Å². The van der Waals surface area contributed by atoms with Crippen molar-refractivity contribution < 1.29 is 46.0 Å². The molecule has 0 aromatic heterocycles. The molecule has 12 aliphatic rings. The topological polar surface area (TPSA) is 182 Å². The van der Waals surface area contributed by atoms with E-state index in [-0.39, 0.29) is 34.0 Å². The lowest BCUT2D eigenvalue weighted by Crippen LogP contribution is -2.48. The van der Waals surface area contributed by atoms with Crippen molar-refractivity contribution in [3.63, 3.8) is 0 Å². The van der Waals surface area contributed by atoms with E-state index in [1.807, 2.05) is 62.3 Å². The van der Waals surface area contributed by atoms with E-state index in [0.29, 0.717) is 54.8 Å². The first kappa shape index (κ1) is 51.4. The minimum Gasteiger partial charge on any atom is -0.392 e. The van der Waals surface area contributed by atoms with E-state index in [9.17, 15) is 46.0 Å². The Morgan fingerprint density at radius 1 is 0.348 bits per heavy atom. The smallest absolute Gasteiger partial charge is 0.0789 e. The molecule has 0 saturated heterocycles. The second kappa shape index (κ2) is 15.5. The molecule has 0 aromatic carbocycles. The van der Waals surface area contributed by atoms with E-state index in [1.54, 1.807) is 0 Å². The van der Waals surface area contributed by atoms with Crippen LogP contribution in [0.1, 0.15) is 197 Å². The van der Waals surface area contributed by atoms with E-state index in [4.69, 9.17) is 0 Å². The molecule has 3 spiro atoms. The summed E-state index contributed by atoms with van der Waals surface area (Å²) in [5.41, 5.74) is -1.94. The van der Waals surface area contributed by atoms with E-state index < -0.39 is 68.2 Å². The Morgan fingerprint density at radius 3 is 0.812 bits per heavy atom. The fraction of sp³-hybridized carbons (Fsp3) is 0.900. The van der Waals surface area contributed by atoms with Gasteiger partial charge in [0, 0.05) is 34.0 Å². The molecule has 6 bridgehead atoms. The zero-order chi connectivity index (χ0) is 50.5. The highest BCUT2D eigenvalue weighted by atomic mass is 16.3. The third-order valence-electron chi connectivity index (χ3n) is 26.0. The average molecular weight is 961 g/mol. The molecule has 12 rings (SSSR count). The fourth-order valence-electron chi connectivity index (χ4n) is 21.1. The van der Waals surface area contributed by atoms with Gasteiger partial charge in [0.25, 0.3) is 0 Å². The first-order valence-electron chi connectivity index (χ1n) is 28.1. The van der Waals surface area contributed by atoms with Crippen molar-refractivity contribution in [3.8, 4) is 0 Å². The number of hydrogen-bond acceptors (Lipinski definition) is 9. The molecular weight excluding hydrogens is 865 g/mol. The lowest BCUT2D eigenvalue weighted by Gasteiger charge is -2.41. The van der Waals surface area contributed by atoms with Crippen LogP contribution in [-0.2, 0) is 0 Å². The summed E-state index contributed by atoms with van der Waals surface area (Å²) in [6.45, 7) is 31.4. The van der Waals surface area contributed by atoms with Crippen molar-refractivity contribution in [1.82, 2.24) is 0 Å². The molecule has 0 heterocycles.